The fourth-order valence-electron chi connectivity index (χ4n) is 2.88. The van der Waals surface area contributed by atoms with Crippen LogP contribution in [0.4, 0.5) is 5.69 Å². The van der Waals surface area contributed by atoms with E-state index in [1.165, 1.54) is 30.6 Å². The Labute approximate surface area is 121 Å². The van der Waals surface area contributed by atoms with Gasteiger partial charge in [-0.1, -0.05) is 11.6 Å². The van der Waals surface area contributed by atoms with E-state index in [-0.39, 0.29) is 0 Å². The first-order chi connectivity index (χ1) is 9.11. The van der Waals surface area contributed by atoms with Crippen LogP contribution in [0, 0.1) is 0 Å². The van der Waals surface area contributed by atoms with Crippen molar-refractivity contribution in [1.82, 2.24) is 10.2 Å². The second kappa shape index (κ2) is 6.60. The fraction of sp³-hybridized carbons (Fsp3) is 0.600. The zero-order valence-electron chi connectivity index (χ0n) is 12.1. The highest BCUT2D eigenvalue weighted by atomic mass is 35.5. The normalized spacial score (nSPS) is 20.5. The highest BCUT2D eigenvalue weighted by Crippen LogP contribution is 2.27. The van der Waals surface area contributed by atoms with Crippen molar-refractivity contribution in [2.24, 2.45) is 0 Å². The van der Waals surface area contributed by atoms with Crippen LogP contribution in [0.3, 0.4) is 0 Å². The summed E-state index contributed by atoms with van der Waals surface area (Å²) in [6.07, 6.45) is 2.54. The number of likely N-dealkylation sites (tertiary alicyclic amines) is 1. The molecule has 0 bridgehead atoms. The average molecular weight is 282 g/mol. The second-order valence-corrected chi connectivity index (χ2v) is 5.91. The molecule has 0 amide bonds. The first kappa shape index (κ1) is 14.6. The lowest BCUT2D eigenvalue weighted by Gasteiger charge is -2.38. The quantitative estimate of drug-likeness (QED) is 0.915. The predicted molar refractivity (Wildman–Crippen MR) is 83.1 cm³/mol. The Morgan fingerprint density at radius 2 is 2.26 bits per heavy atom. The van der Waals surface area contributed by atoms with Crippen LogP contribution >= 0.6 is 11.6 Å². The van der Waals surface area contributed by atoms with Crippen molar-refractivity contribution >= 4 is 17.3 Å². The minimum Gasteiger partial charge on any atom is -0.370 e. The summed E-state index contributed by atoms with van der Waals surface area (Å²) in [5.41, 5.74) is 2.56. The van der Waals surface area contributed by atoms with E-state index >= 15 is 0 Å². The number of benzene rings is 1. The molecule has 1 unspecified atom stereocenters. The zero-order valence-corrected chi connectivity index (χ0v) is 12.9. The van der Waals surface area contributed by atoms with Crippen molar-refractivity contribution in [1.29, 1.82) is 0 Å². The molecule has 2 rings (SSSR count). The maximum atomic E-state index is 6.11. The van der Waals surface area contributed by atoms with Crippen LogP contribution in [-0.2, 0) is 6.54 Å². The van der Waals surface area contributed by atoms with Crippen LogP contribution in [-0.4, -0.2) is 45.2 Å². The summed E-state index contributed by atoms with van der Waals surface area (Å²) in [5.74, 6) is 0. The number of halogens is 1. The van der Waals surface area contributed by atoms with Gasteiger partial charge in [0.2, 0.25) is 0 Å². The Bertz CT molecular complexity index is 422. The largest absolute Gasteiger partial charge is 0.370 e. The SMILES string of the molecule is CNCc1cc(Cl)ccc1N(C)C1CCCN(C)C1. The lowest BCUT2D eigenvalue weighted by molar-refractivity contribution is 0.248. The summed E-state index contributed by atoms with van der Waals surface area (Å²) < 4.78 is 0. The van der Waals surface area contributed by atoms with Crippen molar-refractivity contribution < 1.29 is 0 Å². The van der Waals surface area contributed by atoms with Gasteiger partial charge in [0.15, 0.2) is 0 Å². The Balaban J connectivity index is 2.19. The third-order valence-electron chi connectivity index (χ3n) is 3.94. The van der Waals surface area contributed by atoms with Gasteiger partial charge in [-0.2, -0.15) is 0 Å². The van der Waals surface area contributed by atoms with E-state index in [4.69, 9.17) is 11.6 Å². The molecule has 19 heavy (non-hydrogen) atoms. The molecule has 0 radical (unpaired) electrons. The molecular formula is C15H24ClN3. The van der Waals surface area contributed by atoms with Gasteiger partial charge in [-0.25, -0.2) is 0 Å². The summed E-state index contributed by atoms with van der Waals surface area (Å²) in [6, 6.07) is 6.79. The van der Waals surface area contributed by atoms with Gasteiger partial charge in [0.05, 0.1) is 0 Å². The van der Waals surface area contributed by atoms with Gasteiger partial charge in [0.1, 0.15) is 0 Å². The van der Waals surface area contributed by atoms with E-state index < -0.39 is 0 Å². The smallest absolute Gasteiger partial charge is 0.0414 e. The molecule has 1 N–H and O–H groups in total. The first-order valence-electron chi connectivity index (χ1n) is 6.96. The third kappa shape index (κ3) is 3.62. The van der Waals surface area contributed by atoms with E-state index in [9.17, 15) is 0 Å². The highest BCUT2D eigenvalue weighted by Gasteiger charge is 2.22. The van der Waals surface area contributed by atoms with E-state index in [0.717, 1.165) is 18.1 Å². The number of nitrogens with zero attached hydrogens (tertiary/aromatic N) is 2. The summed E-state index contributed by atoms with van der Waals surface area (Å²) in [4.78, 5) is 4.83. The van der Waals surface area contributed by atoms with E-state index in [0.29, 0.717) is 6.04 Å². The topological polar surface area (TPSA) is 18.5 Å². The Morgan fingerprint density at radius 1 is 1.47 bits per heavy atom. The summed E-state index contributed by atoms with van der Waals surface area (Å²) in [6.45, 7) is 3.20. The van der Waals surface area contributed by atoms with Crippen LogP contribution in [0.5, 0.6) is 0 Å². The van der Waals surface area contributed by atoms with E-state index in [1.807, 2.05) is 13.1 Å². The Kier molecular flexibility index (Phi) is 5.08. The molecule has 3 nitrogen and oxygen atoms in total. The van der Waals surface area contributed by atoms with E-state index in [2.05, 4.69) is 41.3 Å². The minimum atomic E-state index is 0.593. The first-order valence-corrected chi connectivity index (χ1v) is 7.34. The third-order valence-corrected chi connectivity index (χ3v) is 4.17. The molecule has 0 saturated carbocycles. The van der Waals surface area contributed by atoms with Crippen molar-refractivity contribution in [3.05, 3.63) is 28.8 Å². The molecule has 1 aliphatic rings. The van der Waals surface area contributed by atoms with Crippen LogP contribution in [0.25, 0.3) is 0 Å². The van der Waals surface area contributed by atoms with Crippen molar-refractivity contribution in [2.75, 3.05) is 39.1 Å². The number of nitrogens with one attached hydrogen (secondary N) is 1. The number of likely N-dealkylation sites (N-methyl/N-ethyl adjacent to an activating group) is 2. The molecule has 106 valence electrons. The summed E-state index contributed by atoms with van der Waals surface area (Å²) in [7, 11) is 6.38. The summed E-state index contributed by atoms with van der Waals surface area (Å²) in [5, 5.41) is 4.03. The number of anilines is 1. The predicted octanol–water partition coefficient (Wildman–Crippen LogP) is 2.59. The van der Waals surface area contributed by atoms with Crippen LogP contribution < -0.4 is 10.2 Å². The molecule has 1 aromatic carbocycles. The molecule has 1 fully saturated rings. The molecule has 0 aromatic heterocycles. The van der Waals surface area contributed by atoms with Gasteiger partial charge in [-0.3, -0.25) is 0 Å². The Hall–Kier alpha value is -0.770. The maximum Gasteiger partial charge on any atom is 0.0414 e. The van der Waals surface area contributed by atoms with Gasteiger partial charge in [-0.05, 0) is 57.2 Å². The van der Waals surface area contributed by atoms with Crippen molar-refractivity contribution in [3.8, 4) is 0 Å². The lowest BCUT2D eigenvalue weighted by atomic mass is 10.0. The molecule has 1 aliphatic heterocycles. The van der Waals surface area contributed by atoms with E-state index in [1.54, 1.807) is 0 Å². The van der Waals surface area contributed by atoms with Gasteiger partial charge in [-0.15, -0.1) is 0 Å². The van der Waals surface area contributed by atoms with Crippen LogP contribution in [0.15, 0.2) is 18.2 Å². The monoisotopic (exact) mass is 281 g/mol. The van der Waals surface area contributed by atoms with Gasteiger partial charge < -0.3 is 15.1 Å². The molecule has 4 heteroatoms. The highest BCUT2D eigenvalue weighted by molar-refractivity contribution is 6.30. The maximum absolute atomic E-state index is 6.11. The second-order valence-electron chi connectivity index (χ2n) is 5.47. The van der Waals surface area contributed by atoms with Crippen molar-refractivity contribution in [3.63, 3.8) is 0 Å². The van der Waals surface area contributed by atoms with Gasteiger partial charge >= 0.3 is 0 Å². The van der Waals surface area contributed by atoms with Crippen LogP contribution in [0.2, 0.25) is 5.02 Å². The molecule has 1 heterocycles. The molecule has 0 aliphatic carbocycles. The standard InChI is InChI=1S/C15H24ClN3/c1-17-10-12-9-13(16)6-7-15(12)19(3)14-5-4-8-18(2)11-14/h6-7,9,14,17H,4-5,8,10-11H2,1-3H3. The molecule has 1 saturated heterocycles. The molecular weight excluding hydrogens is 258 g/mol. The van der Waals surface area contributed by atoms with Crippen LogP contribution in [0.1, 0.15) is 18.4 Å². The number of piperidine rings is 1. The summed E-state index contributed by atoms with van der Waals surface area (Å²) >= 11 is 6.11. The molecule has 1 aromatic rings. The molecule has 0 spiro atoms. The molecule has 1 atom stereocenters. The van der Waals surface area contributed by atoms with Gasteiger partial charge in [0.25, 0.3) is 0 Å². The van der Waals surface area contributed by atoms with Crippen molar-refractivity contribution in [2.45, 2.75) is 25.4 Å². The fourth-order valence-corrected chi connectivity index (χ4v) is 3.08. The zero-order chi connectivity index (χ0) is 13.8. The lowest BCUT2D eigenvalue weighted by Crippen LogP contribution is -2.45. The number of hydrogen-bond acceptors (Lipinski definition) is 3. The minimum absolute atomic E-state index is 0.593. The van der Waals surface area contributed by atoms with Gasteiger partial charge in [0, 0.05) is 36.9 Å². The Morgan fingerprint density at radius 3 is 2.95 bits per heavy atom. The number of hydrogen-bond donors (Lipinski definition) is 1. The average Bonchev–Trinajstić information content (AvgIpc) is 2.39. The number of rotatable bonds is 4.